The van der Waals surface area contributed by atoms with Crippen LogP contribution in [-0.4, -0.2) is 11.7 Å². The third-order valence-corrected chi connectivity index (χ3v) is 3.26. The van der Waals surface area contributed by atoms with Gasteiger partial charge in [-0.25, -0.2) is 0 Å². The predicted molar refractivity (Wildman–Crippen MR) is 88.3 cm³/mol. The van der Waals surface area contributed by atoms with Crippen molar-refractivity contribution in [2.75, 3.05) is 5.32 Å². The molecule has 0 saturated carbocycles. The second-order valence-electron chi connectivity index (χ2n) is 4.51. The van der Waals surface area contributed by atoms with Crippen LogP contribution in [0.1, 0.15) is 22.8 Å². The van der Waals surface area contributed by atoms with E-state index in [4.69, 9.17) is 0 Å². The summed E-state index contributed by atoms with van der Waals surface area (Å²) in [6.07, 6.45) is 3.29. The van der Waals surface area contributed by atoms with Crippen molar-refractivity contribution < 1.29 is 9.59 Å². The smallest absolute Gasteiger partial charge is 0.221 e. The summed E-state index contributed by atoms with van der Waals surface area (Å²) in [7, 11) is 0. The van der Waals surface area contributed by atoms with Gasteiger partial charge in [-0.05, 0) is 35.9 Å². The van der Waals surface area contributed by atoms with Crippen LogP contribution in [0, 0.1) is 0 Å². The fourth-order valence-corrected chi connectivity index (χ4v) is 2.19. The van der Waals surface area contributed by atoms with Crippen LogP contribution in [0.3, 0.4) is 0 Å². The molecule has 0 fully saturated rings. The number of benzene rings is 2. The van der Waals surface area contributed by atoms with Crippen molar-refractivity contribution in [2.45, 2.75) is 6.92 Å². The van der Waals surface area contributed by atoms with Crippen LogP contribution in [0.4, 0.5) is 5.69 Å². The van der Waals surface area contributed by atoms with E-state index in [-0.39, 0.29) is 11.7 Å². The molecule has 0 bridgehead atoms. The first-order valence-electron chi connectivity index (χ1n) is 6.40. The maximum atomic E-state index is 12.0. The van der Waals surface area contributed by atoms with Gasteiger partial charge in [0.05, 0.1) is 0 Å². The highest BCUT2D eigenvalue weighted by Gasteiger charge is 2.01. The largest absolute Gasteiger partial charge is 0.326 e. The van der Waals surface area contributed by atoms with E-state index >= 15 is 0 Å². The lowest BCUT2D eigenvalue weighted by Crippen LogP contribution is -2.05. The van der Waals surface area contributed by atoms with E-state index in [1.807, 2.05) is 24.3 Å². The second kappa shape index (κ2) is 6.99. The van der Waals surface area contributed by atoms with Crippen molar-refractivity contribution in [1.82, 2.24) is 0 Å². The standard InChI is InChI=1S/C17H14BrNO2/c1-12(20)19-16-8-5-13(6-9-16)7-10-17(21)14-3-2-4-15(18)11-14/h2-11H,1H3,(H,19,20)/b10-7+. The van der Waals surface area contributed by atoms with E-state index in [1.165, 1.54) is 13.0 Å². The molecule has 0 unspecified atom stereocenters. The van der Waals surface area contributed by atoms with Crippen LogP contribution < -0.4 is 5.32 Å². The molecule has 3 nitrogen and oxygen atoms in total. The number of carbonyl (C=O) groups excluding carboxylic acids is 2. The van der Waals surface area contributed by atoms with E-state index in [1.54, 1.807) is 30.3 Å². The Morgan fingerprint density at radius 3 is 2.43 bits per heavy atom. The lowest BCUT2D eigenvalue weighted by molar-refractivity contribution is -0.114. The third-order valence-electron chi connectivity index (χ3n) is 2.77. The molecule has 0 aliphatic carbocycles. The third kappa shape index (κ3) is 4.68. The number of anilines is 1. The molecule has 0 radical (unpaired) electrons. The predicted octanol–water partition coefficient (Wildman–Crippen LogP) is 4.30. The molecule has 2 aromatic rings. The highest BCUT2D eigenvalue weighted by molar-refractivity contribution is 9.10. The average molecular weight is 344 g/mol. The molecule has 1 amide bonds. The fourth-order valence-electron chi connectivity index (χ4n) is 1.79. The summed E-state index contributed by atoms with van der Waals surface area (Å²) in [6.45, 7) is 1.46. The number of halogens is 1. The van der Waals surface area contributed by atoms with Gasteiger partial charge >= 0.3 is 0 Å². The van der Waals surface area contributed by atoms with Crippen molar-refractivity contribution in [2.24, 2.45) is 0 Å². The number of hydrogen-bond donors (Lipinski definition) is 1. The van der Waals surface area contributed by atoms with Crippen molar-refractivity contribution in [3.8, 4) is 0 Å². The number of nitrogens with one attached hydrogen (secondary N) is 1. The zero-order valence-electron chi connectivity index (χ0n) is 11.5. The van der Waals surface area contributed by atoms with Crippen LogP contribution in [0.5, 0.6) is 0 Å². The molecule has 0 heterocycles. The Morgan fingerprint density at radius 1 is 1.10 bits per heavy atom. The molecule has 0 atom stereocenters. The van der Waals surface area contributed by atoms with Gasteiger partial charge in [-0.3, -0.25) is 9.59 Å². The topological polar surface area (TPSA) is 46.2 Å². The molecule has 0 spiro atoms. The number of carbonyl (C=O) groups is 2. The van der Waals surface area contributed by atoms with Crippen LogP contribution in [0.15, 0.2) is 59.1 Å². The first-order chi connectivity index (χ1) is 10.0. The first kappa shape index (κ1) is 15.2. The first-order valence-corrected chi connectivity index (χ1v) is 7.19. The van der Waals surface area contributed by atoms with Crippen molar-refractivity contribution in [3.63, 3.8) is 0 Å². The number of allylic oxidation sites excluding steroid dienone is 1. The molecular formula is C17H14BrNO2. The number of hydrogen-bond acceptors (Lipinski definition) is 2. The van der Waals surface area contributed by atoms with Crippen LogP contribution in [0.2, 0.25) is 0 Å². The highest BCUT2D eigenvalue weighted by atomic mass is 79.9. The molecule has 106 valence electrons. The zero-order valence-corrected chi connectivity index (χ0v) is 13.1. The molecule has 1 N–H and O–H groups in total. The molecule has 4 heteroatoms. The second-order valence-corrected chi connectivity index (χ2v) is 5.43. The zero-order chi connectivity index (χ0) is 15.2. The molecule has 0 aliphatic rings. The Kier molecular flexibility index (Phi) is 5.06. The van der Waals surface area contributed by atoms with Crippen molar-refractivity contribution in [3.05, 3.63) is 70.2 Å². The molecular weight excluding hydrogens is 330 g/mol. The van der Waals surface area contributed by atoms with Gasteiger partial charge in [0.15, 0.2) is 5.78 Å². The Hall–Kier alpha value is -2.20. The van der Waals surface area contributed by atoms with E-state index in [0.29, 0.717) is 5.56 Å². The van der Waals surface area contributed by atoms with Gasteiger partial charge < -0.3 is 5.32 Å². The molecule has 0 aromatic heterocycles. The fraction of sp³-hybridized carbons (Fsp3) is 0.0588. The quantitative estimate of drug-likeness (QED) is 0.664. The maximum Gasteiger partial charge on any atom is 0.221 e. The Balaban J connectivity index is 2.07. The summed E-state index contributed by atoms with van der Waals surface area (Å²) in [4.78, 5) is 22.9. The number of amides is 1. The van der Waals surface area contributed by atoms with E-state index in [9.17, 15) is 9.59 Å². The van der Waals surface area contributed by atoms with Crippen LogP contribution >= 0.6 is 15.9 Å². The minimum Gasteiger partial charge on any atom is -0.326 e. The Bertz CT molecular complexity index is 690. The maximum absolute atomic E-state index is 12.0. The summed E-state index contributed by atoms with van der Waals surface area (Å²) < 4.78 is 0.876. The summed E-state index contributed by atoms with van der Waals surface area (Å²) >= 11 is 3.34. The average Bonchev–Trinajstić information content (AvgIpc) is 2.45. The van der Waals surface area contributed by atoms with Gasteiger partial charge in [-0.15, -0.1) is 0 Å². The van der Waals surface area contributed by atoms with Crippen LogP contribution in [0.25, 0.3) is 6.08 Å². The van der Waals surface area contributed by atoms with Gasteiger partial charge in [0, 0.05) is 22.6 Å². The Labute approximate surface area is 131 Å². The van der Waals surface area contributed by atoms with Gasteiger partial charge in [0.2, 0.25) is 5.91 Å². The van der Waals surface area contributed by atoms with E-state index in [2.05, 4.69) is 21.2 Å². The number of rotatable bonds is 4. The highest BCUT2D eigenvalue weighted by Crippen LogP contribution is 2.14. The summed E-state index contributed by atoms with van der Waals surface area (Å²) in [5, 5.41) is 2.69. The lowest BCUT2D eigenvalue weighted by atomic mass is 10.1. The lowest BCUT2D eigenvalue weighted by Gasteiger charge is -2.01. The normalized spacial score (nSPS) is 10.6. The summed E-state index contributed by atoms with van der Waals surface area (Å²) in [6, 6.07) is 14.5. The number of ketones is 1. The monoisotopic (exact) mass is 343 g/mol. The van der Waals surface area contributed by atoms with Gasteiger partial charge in [-0.1, -0.05) is 46.3 Å². The summed E-state index contributed by atoms with van der Waals surface area (Å²) in [5.41, 5.74) is 2.26. The van der Waals surface area contributed by atoms with Gasteiger partial charge in [0.25, 0.3) is 0 Å². The van der Waals surface area contributed by atoms with Gasteiger partial charge in [-0.2, -0.15) is 0 Å². The van der Waals surface area contributed by atoms with Gasteiger partial charge in [0.1, 0.15) is 0 Å². The van der Waals surface area contributed by atoms with E-state index in [0.717, 1.165) is 15.7 Å². The Morgan fingerprint density at radius 2 is 1.81 bits per heavy atom. The minimum absolute atomic E-state index is 0.0535. The molecule has 2 aromatic carbocycles. The molecule has 21 heavy (non-hydrogen) atoms. The molecule has 0 saturated heterocycles. The minimum atomic E-state index is -0.108. The molecule has 2 rings (SSSR count). The SMILES string of the molecule is CC(=O)Nc1ccc(/C=C/C(=O)c2cccc(Br)c2)cc1. The molecule has 0 aliphatic heterocycles. The van der Waals surface area contributed by atoms with Crippen molar-refractivity contribution in [1.29, 1.82) is 0 Å². The van der Waals surface area contributed by atoms with Crippen molar-refractivity contribution >= 4 is 39.4 Å². The summed E-state index contributed by atoms with van der Waals surface area (Å²) in [5.74, 6) is -0.162. The van der Waals surface area contributed by atoms with E-state index < -0.39 is 0 Å². The van der Waals surface area contributed by atoms with Crippen LogP contribution in [-0.2, 0) is 4.79 Å².